The zero-order chi connectivity index (χ0) is 5.70. The number of hydrogen-bond donors (Lipinski definition) is 0. The van der Waals surface area contributed by atoms with Crippen LogP contribution in [0, 0.1) is 25.2 Å². The molecule has 1 atom stereocenters. The topological polar surface area (TPSA) is 0 Å². The van der Waals surface area contributed by atoms with Crippen LogP contribution in [-0.4, -0.2) is 0 Å². The van der Waals surface area contributed by atoms with E-state index >= 15 is 0 Å². The molecule has 0 saturated carbocycles. The molecule has 0 N–H and O–H groups in total. The molecule has 0 aliphatic rings. The van der Waals surface area contributed by atoms with Gasteiger partial charge in [-0.3, -0.25) is 0 Å². The molecule has 7 heavy (non-hydrogen) atoms. The highest BCUT2D eigenvalue weighted by atomic mass is 13.9. The van der Waals surface area contributed by atoms with Crippen molar-refractivity contribution < 1.29 is 0 Å². The highest BCUT2D eigenvalue weighted by Gasteiger charge is 1.89. The van der Waals surface area contributed by atoms with E-state index in [-0.39, 0.29) is 0 Å². The van der Waals surface area contributed by atoms with Crippen LogP contribution < -0.4 is 0 Å². The predicted molar refractivity (Wildman–Crippen MR) is 32.6 cm³/mol. The monoisotopic (exact) mass is 95.1 g/mol. The van der Waals surface area contributed by atoms with Gasteiger partial charge < -0.3 is 0 Å². The lowest BCUT2D eigenvalue weighted by Crippen LogP contribution is -1.85. The summed E-state index contributed by atoms with van der Waals surface area (Å²) in [6, 6.07) is 0. The van der Waals surface area contributed by atoms with Crippen molar-refractivity contribution in [3.8, 4) is 12.3 Å². The van der Waals surface area contributed by atoms with Gasteiger partial charge in [-0.2, -0.15) is 0 Å². The van der Waals surface area contributed by atoms with Gasteiger partial charge >= 0.3 is 0 Å². The van der Waals surface area contributed by atoms with Gasteiger partial charge in [-0.05, 0) is 6.42 Å². The lowest BCUT2D eigenvalue weighted by molar-refractivity contribution is 0.678. The molecular weight excluding hydrogens is 84.1 g/mol. The predicted octanol–water partition coefficient (Wildman–Crippen LogP) is 1.87. The van der Waals surface area contributed by atoms with Crippen LogP contribution in [0.4, 0.5) is 0 Å². The number of rotatable bonds is 2. The second-order valence-corrected chi connectivity index (χ2v) is 1.71. The minimum atomic E-state index is 0.414. The van der Waals surface area contributed by atoms with Crippen LogP contribution in [0.5, 0.6) is 0 Å². The molecule has 0 aromatic rings. The van der Waals surface area contributed by atoms with E-state index in [2.05, 4.69) is 12.8 Å². The lowest BCUT2D eigenvalue weighted by Gasteiger charge is -1.95. The fourth-order valence-electron chi connectivity index (χ4n) is 0.390. The normalized spacial score (nSPS) is 12.7. The maximum Gasteiger partial charge on any atom is 0.0171 e. The average molecular weight is 95.2 g/mol. The first-order chi connectivity index (χ1) is 3.31. The number of hydrogen-bond acceptors (Lipinski definition) is 0. The van der Waals surface area contributed by atoms with E-state index in [1.165, 1.54) is 0 Å². The van der Waals surface area contributed by atoms with Crippen molar-refractivity contribution >= 4 is 0 Å². The largest absolute Gasteiger partial charge is 0.120 e. The number of terminal acetylenes is 1. The second kappa shape index (κ2) is 3.74. The summed E-state index contributed by atoms with van der Waals surface area (Å²) in [5.41, 5.74) is 0. The van der Waals surface area contributed by atoms with Gasteiger partial charge in [0.15, 0.2) is 0 Å². The summed E-state index contributed by atoms with van der Waals surface area (Å²) in [5.74, 6) is 3.04. The fourth-order valence-corrected chi connectivity index (χ4v) is 0.390. The van der Waals surface area contributed by atoms with E-state index in [9.17, 15) is 0 Å². The minimum absolute atomic E-state index is 0.414. The van der Waals surface area contributed by atoms with Gasteiger partial charge in [-0.15, -0.1) is 12.3 Å². The van der Waals surface area contributed by atoms with E-state index in [4.69, 9.17) is 6.42 Å². The van der Waals surface area contributed by atoms with E-state index in [0.29, 0.717) is 5.92 Å². The van der Waals surface area contributed by atoms with Crippen molar-refractivity contribution in [1.82, 2.24) is 0 Å². The van der Waals surface area contributed by atoms with Gasteiger partial charge in [-0.25, -0.2) is 0 Å². The Balaban J connectivity index is 3.04. The Hall–Kier alpha value is -0.440. The molecule has 0 heterocycles. The Bertz CT molecular complexity index is 66.6. The molecular formula is C7H11. The molecule has 0 aliphatic carbocycles. The van der Waals surface area contributed by atoms with E-state index < -0.39 is 0 Å². The summed E-state index contributed by atoms with van der Waals surface area (Å²) >= 11 is 0. The van der Waals surface area contributed by atoms with E-state index in [0.717, 1.165) is 12.8 Å². The van der Waals surface area contributed by atoms with Crippen molar-refractivity contribution in [2.45, 2.75) is 19.8 Å². The molecule has 0 aromatic carbocycles. The Morgan fingerprint density at radius 2 is 2.43 bits per heavy atom. The third kappa shape index (κ3) is 3.39. The smallest absolute Gasteiger partial charge is 0.0171 e. The molecule has 0 spiro atoms. The van der Waals surface area contributed by atoms with Gasteiger partial charge in [0.2, 0.25) is 0 Å². The van der Waals surface area contributed by atoms with Crippen LogP contribution in [0.1, 0.15) is 19.8 Å². The van der Waals surface area contributed by atoms with Crippen LogP contribution in [0.2, 0.25) is 0 Å². The van der Waals surface area contributed by atoms with Crippen molar-refractivity contribution in [2.75, 3.05) is 0 Å². The SMILES string of the molecule is C#CC(C)CC[CH2]. The first kappa shape index (κ1) is 6.56. The van der Waals surface area contributed by atoms with Crippen LogP contribution in [0.25, 0.3) is 0 Å². The average Bonchev–Trinajstić information content (AvgIpc) is 1.68. The molecule has 0 amide bonds. The molecule has 0 saturated heterocycles. The first-order valence-corrected chi connectivity index (χ1v) is 2.56. The summed E-state index contributed by atoms with van der Waals surface area (Å²) < 4.78 is 0. The van der Waals surface area contributed by atoms with Crippen LogP contribution in [0.15, 0.2) is 0 Å². The van der Waals surface area contributed by atoms with Crippen molar-refractivity contribution in [2.24, 2.45) is 5.92 Å². The molecule has 1 radical (unpaired) electrons. The zero-order valence-corrected chi connectivity index (χ0v) is 4.78. The van der Waals surface area contributed by atoms with E-state index in [1.54, 1.807) is 0 Å². The molecule has 0 rings (SSSR count). The quantitative estimate of drug-likeness (QED) is 0.459. The third-order valence-electron chi connectivity index (χ3n) is 0.922. The highest BCUT2D eigenvalue weighted by molar-refractivity contribution is 4.89. The van der Waals surface area contributed by atoms with Gasteiger partial charge in [-0.1, -0.05) is 20.3 Å². The minimum Gasteiger partial charge on any atom is -0.120 e. The van der Waals surface area contributed by atoms with Gasteiger partial charge in [0.1, 0.15) is 0 Å². The van der Waals surface area contributed by atoms with Crippen LogP contribution >= 0.6 is 0 Å². The van der Waals surface area contributed by atoms with Gasteiger partial charge in [0, 0.05) is 5.92 Å². The van der Waals surface area contributed by atoms with Gasteiger partial charge in [0.05, 0.1) is 0 Å². The maximum atomic E-state index is 5.08. The second-order valence-electron chi connectivity index (χ2n) is 1.71. The molecule has 0 bridgehead atoms. The summed E-state index contributed by atoms with van der Waals surface area (Å²) in [6.07, 6.45) is 7.08. The zero-order valence-electron chi connectivity index (χ0n) is 4.78. The molecule has 0 heteroatoms. The standard InChI is InChI=1S/C7H11/c1-4-6-7(3)5-2/h2,7H,1,4,6H2,3H3. The summed E-state index contributed by atoms with van der Waals surface area (Å²) in [7, 11) is 0. The first-order valence-electron chi connectivity index (χ1n) is 2.56. The fraction of sp³-hybridized carbons (Fsp3) is 0.571. The molecule has 0 nitrogen and oxygen atoms in total. The van der Waals surface area contributed by atoms with Gasteiger partial charge in [0.25, 0.3) is 0 Å². The van der Waals surface area contributed by atoms with E-state index in [1.807, 2.05) is 6.92 Å². The van der Waals surface area contributed by atoms with Crippen LogP contribution in [-0.2, 0) is 0 Å². The molecule has 1 unspecified atom stereocenters. The van der Waals surface area contributed by atoms with Crippen molar-refractivity contribution in [3.63, 3.8) is 0 Å². The molecule has 0 aromatic heterocycles. The summed E-state index contributed by atoms with van der Waals surface area (Å²) in [6.45, 7) is 5.71. The summed E-state index contributed by atoms with van der Waals surface area (Å²) in [5, 5.41) is 0. The molecule has 0 fully saturated rings. The Kier molecular flexibility index (Phi) is 3.50. The lowest BCUT2D eigenvalue weighted by atomic mass is 10.1. The maximum absolute atomic E-state index is 5.08. The third-order valence-corrected chi connectivity index (χ3v) is 0.922. The Labute approximate surface area is 45.9 Å². The summed E-state index contributed by atoms with van der Waals surface area (Å²) in [4.78, 5) is 0. The Morgan fingerprint density at radius 3 is 2.57 bits per heavy atom. The highest BCUT2D eigenvalue weighted by Crippen LogP contribution is 2.00. The van der Waals surface area contributed by atoms with Crippen molar-refractivity contribution in [1.29, 1.82) is 0 Å². The van der Waals surface area contributed by atoms with Crippen molar-refractivity contribution in [3.05, 3.63) is 6.92 Å². The molecule has 39 valence electrons. The Morgan fingerprint density at radius 1 is 1.86 bits per heavy atom. The molecule has 0 aliphatic heterocycles. The van der Waals surface area contributed by atoms with Crippen LogP contribution in [0.3, 0.4) is 0 Å².